The van der Waals surface area contributed by atoms with Gasteiger partial charge in [-0.25, -0.2) is 0 Å². The average Bonchev–Trinajstić information content (AvgIpc) is 3.15. The Labute approximate surface area is 159 Å². The molecule has 0 radical (unpaired) electrons. The number of aryl methyl sites for hydroxylation is 3. The third-order valence-electron chi connectivity index (χ3n) is 4.58. The second-order valence-electron chi connectivity index (χ2n) is 6.83. The molecule has 0 atom stereocenters. The number of nitrogens with zero attached hydrogens (tertiary/aromatic N) is 2. The second kappa shape index (κ2) is 7.12. The Kier molecular flexibility index (Phi) is 4.51. The highest BCUT2D eigenvalue weighted by Crippen LogP contribution is 2.37. The summed E-state index contributed by atoms with van der Waals surface area (Å²) in [5.74, 6) is 1.62. The van der Waals surface area contributed by atoms with Crippen LogP contribution in [0, 0.1) is 20.8 Å². The van der Waals surface area contributed by atoms with E-state index in [2.05, 4.69) is 72.3 Å². The minimum atomic E-state index is 0.784. The average molecular weight is 354 g/mol. The van der Waals surface area contributed by atoms with E-state index in [0.717, 1.165) is 34.3 Å². The van der Waals surface area contributed by atoms with Gasteiger partial charge in [-0.2, -0.15) is 0 Å². The maximum Gasteiger partial charge on any atom is 0.205 e. The Bertz CT molecular complexity index is 1000. The van der Waals surface area contributed by atoms with Crippen LogP contribution in [0.3, 0.4) is 0 Å². The molecule has 0 fully saturated rings. The van der Waals surface area contributed by atoms with Gasteiger partial charge in [0.2, 0.25) is 5.88 Å². The van der Waals surface area contributed by atoms with E-state index >= 15 is 0 Å². The van der Waals surface area contributed by atoms with Gasteiger partial charge in [-0.15, -0.1) is 0 Å². The van der Waals surface area contributed by atoms with E-state index in [1.165, 1.54) is 11.1 Å². The zero-order chi connectivity index (χ0) is 18.8. The molecule has 0 spiro atoms. The molecular formula is C24H22N2O. The summed E-state index contributed by atoms with van der Waals surface area (Å²) in [6, 6.07) is 25.0. The standard InChI is InChI=1S/C24H22N2O/c1-17-4-8-21(9-5-17)26(22-10-6-18(2)7-11-22)24-13-12-23(27-24)20-14-15-25-19(3)16-20/h4-16H,1-3H3. The number of rotatable bonds is 4. The normalized spacial score (nSPS) is 10.8. The molecule has 27 heavy (non-hydrogen) atoms. The van der Waals surface area contributed by atoms with Crippen LogP contribution >= 0.6 is 0 Å². The minimum absolute atomic E-state index is 0.784. The molecule has 0 aliphatic heterocycles. The zero-order valence-electron chi connectivity index (χ0n) is 15.8. The fourth-order valence-corrected chi connectivity index (χ4v) is 3.09. The first-order valence-electron chi connectivity index (χ1n) is 9.06. The van der Waals surface area contributed by atoms with Gasteiger partial charge in [0.05, 0.1) is 0 Å². The molecule has 0 aliphatic carbocycles. The van der Waals surface area contributed by atoms with Crippen LogP contribution in [0.4, 0.5) is 17.3 Å². The number of hydrogen-bond acceptors (Lipinski definition) is 3. The Balaban J connectivity index is 1.79. The Morgan fingerprint density at radius 2 is 1.30 bits per heavy atom. The smallest absolute Gasteiger partial charge is 0.205 e. The highest BCUT2D eigenvalue weighted by molar-refractivity contribution is 5.75. The molecule has 2 aromatic carbocycles. The van der Waals surface area contributed by atoms with Gasteiger partial charge >= 0.3 is 0 Å². The van der Waals surface area contributed by atoms with Gasteiger partial charge in [0, 0.05) is 34.9 Å². The van der Waals surface area contributed by atoms with E-state index in [0.29, 0.717) is 0 Å². The third kappa shape index (κ3) is 3.63. The molecule has 134 valence electrons. The third-order valence-corrected chi connectivity index (χ3v) is 4.58. The maximum atomic E-state index is 6.25. The minimum Gasteiger partial charge on any atom is -0.440 e. The molecular weight excluding hydrogens is 332 g/mol. The van der Waals surface area contributed by atoms with Crippen molar-refractivity contribution in [3.05, 3.63) is 95.8 Å². The molecule has 4 aromatic rings. The number of anilines is 3. The lowest BCUT2D eigenvalue weighted by Crippen LogP contribution is -2.08. The van der Waals surface area contributed by atoms with Crippen LogP contribution in [-0.4, -0.2) is 4.98 Å². The zero-order valence-corrected chi connectivity index (χ0v) is 15.8. The molecule has 0 N–H and O–H groups in total. The van der Waals surface area contributed by atoms with E-state index < -0.39 is 0 Å². The number of benzene rings is 2. The highest BCUT2D eigenvalue weighted by Gasteiger charge is 2.16. The van der Waals surface area contributed by atoms with Gasteiger partial charge in [0.15, 0.2) is 0 Å². The first kappa shape index (κ1) is 17.1. The van der Waals surface area contributed by atoms with Crippen molar-refractivity contribution in [2.75, 3.05) is 4.90 Å². The summed E-state index contributed by atoms with van der Waals surface area (Å²) in [5, 5.41) is 0. The summed E-state index contributed by atoms with van der Waals surface area (Å²) in [6.07, 6.45) is 1.81. The number of hydrogen-bond donors (Lipinski definition) is 0. The van der Waals surface area contributed by atoms with E-state index in [4.69, 9.17) is 4.42 Å². The van der Waals surface area contributed by atoms with Gasteiger partial charge in [0.1, 0.15) is 5.76 Å². The molecule has 0 saturated carbocycles. The van der Waals surface area contributed by atoms with Crippen molar-refractivity contribution in [1.82, 2.24) is 4.98 Å². The van der Waals surface area contributed by atoms with E-state index in [1.54, 1.807) is 0 Å². The van der Waals surface area contributed by atoms with E-state index in [1.807, 2.05) is 37.4 Å². The van der Waals surface area contributed by atoms with Gasteiger partial charge < -0.3 is 4.42 Å². The topological polar surface area (TPSA) is 29.3 Å². The van der Waals surface area contributed by atoms with Crippen molar-refractivity contribution < 1.29 is 4.42 Å². The van der Waals surface area contributed by atoms with Crippen molar-refractivity contribution in [2.24, 2.45) is 0 Å². The van der Waals surface area contributed by atoms with Crippen LogP contribution in [0.25, 0.3) is 11.3 Å². The lowest BCUT2D eigenvalue weighted by molar-refractivity contribution is 0.588. The predicted octanol–water partition coefficient (Wildman–Crippen LogP) is 6.74. The fraction of sp³-hybridized carbons (Fsp3) is 0.125. The molecule has 0 amide bonds. The van der Waals surface area contributed by atoms with Crippen molar-refractivity contribution in [3.8, 4) is 11.3 Å². The van der Waals surface area contributed by atoms with Gasteiger partial charge in [-0.1, -0.05) is 35.4 Å². The lowest BCUT2D eigenvalue weighted by atomic mass is 10.1. The highest BCUT2D eigenvalue weighted by atomic mass is 16.4. The maximum absolute atomic E-state index is 6.25. The largest absolute Gasteiger partial charge is 0.440 e. The second-order valence-corrected chi connectivity index (χ2v) is 6.83. The lowest BCUT2D eigenvalue weighted by Gasteiger charge is -2.22. The van der Waals surface area contributed by atoms with Gasteiger partial charge in [-0.05, 0) is 63.2 Å². The first-order valence-corrected chi connectivity index (χ1v) is 9.06. The summed E-state index contributed by atoms with van der Waals surface area (Å²) in [7, 11) is 0. The SMILES string of the molecule is Cc1ccc(N(c2ccc(C)cc2)c2ccc(-c3ccnc(C)c3)o2)cc1. The summed E-state index contributed by atoms with van der Waals surface area (Å²) in [5.41, 5.74) is 6.60. The molecule has 0 bridgehead atoms. The quantitative estimate of drug-likeness (QED) is 0.406. The molecule has 0 aliphatic rings. The summed E-state index contributed by atoms with van der Waals surface area (Å²) >= 11 is 0. The molecule has 2 heterocycles. The Morgan fingerprint density at radius 3 is 1.85 bits per heavy atom. The Hall–Kier alpha value is -3.33. The number of pyridine rings is 1. The molecule has 3 nitrogen and oxygen atoms in total. The first-order chi connectivity index (χ1) is 13.1. The van der Waals surface area contributed by atoms with Crippen LogP contribution in [0.15, 0.2) is 83.4 Å². The monoisotopic (exact) mass is 354 g/mol. The molecule has 0 unspecified atom stereocenters. The van der Waals surface area contributed by atoms with Crippen LogP contribution in [0.5, 0.6) is 0 Å². The molecule has 2 aromatic heterocycles. The Morgan fingerprint density at radius 1 is 0.704 bits per heavy atom. The predicted molar refractivity (Wildman–Crippen MR) is 111 cm³/mol. The van der Waals surface area contributed by atoms with Crippen LogP contribution in [0.2, 0.25) is 0 Å². The van der Waals surface area contributed by atoms with Crippen LogP contribution < -0.4 is 4.90 Å². The number of furan rings is 1. The summed E-state index contributed by atoms with van der Waals surface area (Å²) < 4.78 is 6.25. The summed E-state index contributed by atoms with van der Waals surface area (Å²) in [4.78, 5) is 6.40. The van der Waals surface area contributed by atoms with Crippen molar-refractivity contribution in [3.63, 3.8) is 0 Å². The summed E-state index contributed by atoms with van der Waals surface area (Å²) in [6.45, 7) is 6.17. The molecule has 3 heteroatoms. The number of aromatic nitrogens is 1. The molecule has 4 rings (SSSR count). The van der Waals surface area contributed by atoms with Crippen LogP contribution in [-0.2, 0) is 0 Å². The van der Waals surface area contributed by atoms with E-state index in [-0.39, 0.29) is 0 Å². The van der Waals surface area contributed by atoms with Crippen molar-refractivity contribution in [2.45, 2.75) is 20.8 Å². The van der Waals surface area contributed by atoms with Crippen LogP contribution in [0.1, 0.15) is 16.8 Å². The fourth-order valence-electron chi connectivity index (χ4n) is 3.09. The van der Waals surface area contributed by atoms with Crippen molar-refractivity contribution >= 4 is 17.3 Å². The molecule has 0 saturated heterocycles. The van der Waals surface area contributed by atoms with Gasteiger partial charge in [0.25, 0.3) is 0 Å². The van der Waals surface area contributed by atoms with Crippen molar-refractivity contribution in [1.29, 1.82) is 0 Å². The van der Waals surface area contributed by atoms with E-state index in [9.17, 15) is 0 Å². The van der Waals surface area contributed by atoms with Gasteiger partial charge in [-0.3, -0.25) is 9.88 Å².